The van der Waals surface area contributed by atoms with Gasteiger partial charge < -0.3 is 15.5 Å². The number of hydrogen-bond donors (Lipinski definition) is 3. The standard InChI is InChI=1S/C24H36N4O3/c1-24(2,3)16-25-13-6-4-5-7-14-26-19-10-8-9-17-18(19)15-28(23(17)31)20-11-12-21(29)27-22(20)30/h8-10,20,25-26H,4-7,11-16H2,1-3H3,(H,27,29,30). The zero-order valence-corrected chi connectivity index (χ0v) is 19.1. The second-order valence-corrected chi connectivity index (χ2v) is 9.81. The summed E-state index contributed by atoms with van der Waals surface area (Å²) in [4.78, 5) is 38.1. The number of hydrogen-bond acceptors (Lipinski definition) is 5. The zero-order chi connectivity index (χ0) is 22.4. The van der Waals surface area contributed by atoms with Gasteiger partial charge in [0.25, 0.3) is 5.91 Å². The third-order valence-corrected chi connectivity index (χ3v) is 5.83. The number of carbonyl (C=O) groups is 3. The van der Waals surface area contributed by atoms with E-state index in [1.54, 1.807) is 4.90 Å². The number of piperidine rings is 1. The molecular weight excluding hydrogens is 392 g/mol. The Kier molecular flexibility index (Phi) is 7.70. The molecule has 170 valence electrons. The second-order valence-electron chi connectivity index (χ2n) is 9.81. The van der Waals surface area contributed by atoms with Crippen molar-refractivity contribution in [1.29, 1.82) is 0 Å². The van der Waals surface area contributed by atoms with Crippen molar-refractivity contribution in [3.8, 4) is 0 Å². The maximum Gasteiger partial charge on any atom is 0.255 e. The third-order valence-electron chi connectivity index (χ3n) is 5.83. The fraction of sp³-hybridized carbons (Fsp3) is 0.625. The first-order valence-electron chi connectivity index (χ1n) is 11.5. The summed E-state index contributed by atoms with van der Waals surface area (Å²) in [6.07, 6.45) is 5.29. The van der Waals surface area contributed by atoms with Crippen molar-refractivity contribution in [3.05, 3.63) is 29.3 Å². The number of carbonyl (C=O) groups excluding carboxylic acids is 3. The topological polar surface area (TPSA) is 90.5 Å². The van der Waals surface area contributed by atoms with Crippen LogP contribution in [-0.4, -0.2) is 48.3 Å². The van der Waals surface area contributed by atoms with E-state index in [0.717, 1.165) is 37.3 Å². The van der Waals surface area contributed by atoms with E-state index in [4.69, 9.17) is 0 Å². The molecule has 2 heterocycles. The summed E-state index contributed by atoms with van der Waals surface area (Å²) in [5.41, 5.74) is 2.89. The minimum atomic E-state index is -0.572. The van der Waals surface area contributed by atoms with Crippen molar-refractivity contribution in [2.75, 3.05) is 25.0 Å². The van der Waals surface area contributed by atoms with Crippen molar-refractivity contribution in [2.24, 2.45) is 5.41 Å². The molecule has 0 aromatic heterocycles. The lowest BCUT2D eigenvalue weighted by molar-refractivity contribution is -0.136. The first kappa shape index (κ1) is 23.3. The van der Waals surface area contributed by atoms with Gasteiger partial charge in [-0.25, -0.2) is 0 Å². The van der Waals surface area contributed by atoms with E-state index in [1.807, 2.05) is 18.2 Å². The van der Waals surface area contributed by atoms with Crippen LogP contribution in [0.3, 0.4) is 0 Å². The Morgan fingerprint density at radius 1 is 1.06 bits per heavy atom. The number of fused-ring (bicyclic) bond motifs is 1. The molecule has 7 heteroatoms. The number of nitrogens with one attached hydrogen (secondary N) is 3. The quantitative estimate of drug-likeness (QED) is 0.394. The van der Waals surface area contributed by atoms with E-state index in [-0.39, 0.29) is 24.1 Å². The Bertz CT molecular complexity index is 816. The van der Waals surface area contributed by atoms with Crippen LogP contribution in [0.4, 0.5) is 5.69 Å². The van der Waals surface area contributed by atoms with Crippen molar-refractivity contribution in [3.63, 3.8) is 0 Å². The predicted octanol–water partition coefficient (Wildman–Crippen LogP) is 3.06. The highest BCUT2D eigenvalue weighted by Gasteiger charge is 2.39. The fourth-order valence-electron chi connectivity index (χ4n) is 4.17. The van der Waals surface area contributed by atoms with Crippen LogP contribution in [0.15, 0.2) is 18.2 Å². The molecule has 1 saturated heterocycles. The molecule has 0 saturated carbocycles. The minimum absolute atomic E-state index is 0.129. The Morgan fingerprint density at radius 2 is 1.81 bits per heavy atom. The van der Waals surface area contributed by atoms with Gasteiger partial charge in [-0.15, -0.1) is 0 Å². The van der Waals surface area contributed by atoms with Gasteiger partial charge in [-0.05, 0) is 49.9 Å². The molecule has 1 atom stereocenters. The van der Waals surface area contributed by atoms with Crippen LogP contribution in [0.1, 0.15) is 75.2 Å². The first-order chi connectivity index (χ1) is 14.8. The Labute approximate surface area is 185 Å². The highest BCUT2D eigenvalue weighted by atomic mass is 16.2. The van der Waals surface area contributed by atoms with Gasteiger partial charge >= 0.3 is 0 Å². The van der Waals surface area contributed by atoms with Gasteiger partial charge in [0.2, 0.25) is 11.8 Å². The SMILES string of the molecule is CC(C)(C)CNCCCCCCNc1cccc2c1CN(C1CCC(=O)NC1=O)C2=O. The lowest BCUT2D eigenvalue weighted by atomic mass is 9.97. The van der Waals surface area contributed by atoms with E-state index in [2.05, 4.69) is 36.7 Å². The van der Waals surface area contributed by atoms with E-state index < -0.39 is 6.04 Å². The molecule has 2 aliphatic rings. The van der Waals surface area contributed by atoms with Gasteiger partial charge in [0, 0.05) is 36.3 Å². The monoisotopic (exact) mass is 428 g/mol. The number of anilines is 1. The van der Waals surface area contributed by atoms with Crippen molar-refractivity contribution < 1.29 is 14.4 Å². The van der Waals surface area contributed by atoms with E-state index in [0.29, 0.717) is 23.9 Å². The lowest BCUT2D eigenvalue weighted by Gasteiger charge is -2.29. The molecule has 1 aromatic rings. The molecule has 3 N–H and O–H groups in total. The zero-order valence-electron chi connectivity index (χ0n) is 19.1. The number of imide groups is 1. The molecule has 2 aliphatic heterocycles. The molecule has 0 bridgehead atoms. The molecule has 0 spiro atoms. The van der Waals surface area contributed by atoms with Crippen LogP contribution in [-0.2, 0) is 16.1 Å². The van der Waals surface area contributed by atoms with Crippen LogP contribution in [0.5, 0.6) is 0 Å². The minimum Gasteiger partial charge on any atom is -0.385 e. The molecular formula is C24H36N4O3. The average molecular weight is 429 g/mol. The maximum atomic E-state index is 12.9. The van der Waals surface area contributed by atoms with Crippen LogP contribution in [0, 0.1) is 5.41 Å². The van der Waals surface area contributed by atoms with Crippen molar-refractivity contribution in [1.82, 2.24) is 15.5 Å². The summed E-state index contributed by atoms with van der Waals surface area (Å²) >= 11 is 0. The van der Waals surface area contributed by atoms with Crippen LogP contribution in [0.2, 0.25) is 0 Å². The van der Waals surface area contributed by atoms with Gasteiger partial charge in [0.1, 0.15) is 6.04 Å². The fourth-order valence-corrected chi connectivity index (χ4v) is 4.17. The molecule has 1 aromatic carbocycles. The predicted molar refractivity (Wildman–Crippen MR) is 122 cm³/mol. The van der Waals surface area contributed by atoms with Crippen LogP contribution < -0.4 is 16.0 Å². The number of rotatable bonds is 10. The maximum absolute atomic E-state index is 12.9. The summed E-state index contributed by atoms with van der Waals surface area (Å²) in [6.45, 7) is 10.1. The van der Waals surface area contributed by atoms with E-state index in [1.165, 1.54) is 19.3 Å². The van der Waals surface area contributed by atoms with Gasteiger partial charge in [0.15, 0.2) is 0 Å². The van der Waals surface area contributed by atoms with Gasteiger partial charge in [-0.3, -0.25) is 19.7 Å². The summed E-state index contributed by atoms with van der Waals surface area (Å²) < 4.78 is 0. The van der Waals surface area contributed by atoms with Crippen molar-refractivity contribution in [2.45, 2.75) is 71.9 Å². The number of amides is 3. The normalized spacial score (nSPS) is 18.9. The van der Waals surface area contributed by atoms with E-state index >= 15 is 0 Å². The molecule has 1 unspecified atom stereocenters. The largest absolute Gasteiger partial charge is 0.385 e. The number of unbranched alkanes of at least 4 members (excludes halogenated alkanes) is 3. The number of benzene rings is 1. The summed E-state index contributed by atoms with van der Waals surface area (Å²) in [6, 6.07) is 5.13. The lowest BCUT2D eigenvalue weighted by Crippen LogP contribution is -2.52. The van der Waals surface area contributed by atoms with Crippen LogP contribution >= 0.6 is 0 Å². The Morgan fingerprint density at radius 3 is 2.52 bits per heavy atom. The molecule has 31 heavy (non-hydrogen) atoms. The molecule has 1 fully saturated rings. The first-order valence-corrected chi connectivity index (χ1v) is 11.5. The highest BCUT2D eigenvalue weighted by Crippen LogP contribution is 2.32. The molecule has 3 amide bonds. The van der Waals surface area contributed by atoms with Gasteiger partial charge in [0.05, 0.1) is 0 Å². The summed E-state index contributed by atoms with van der Waals surface area (Å²) in [5, 5.41) is 9.34. The Balaban J connectivity index is 1.43. The van der Waals surface area contributed by atoms with Gasteiger partial charge in [-0.2, -0.15) is 0 Å². The third kappa shape index (κ3) is 6.29. The Hall–Kier alpha value is -2.41. The number of nitrogens with zero attached hydrogens (tertiary/aromatic N) is 1. The average Bonchev–Trinajstić information content (AvgIpc) is 3.03. The smallest absolute Gasteiger partial charge is 0.255 e. The molecule has 0 aliphatic carbocycles. The molecule has 0 radical (unpaired) electrons. The summed E-state index contributed by atoms with van der Waals surface area (Å²) in [7, 11) is 0. The van der Waals surface area contributed by atoms with Crippen molar-refractivity contribution >= 4 is 23.4 Å². The molecule has 3 rings (SSSR count). The van der Waals surface area contributed by atoms with Crippen LogP contribution in [0.25, 0.3) is 0 Å². The van der Waals surface area contributed by atoms with Gasteiger partial charge in [-0.1, -0.05) is 39.7 Å². The summed E-state index contributed by atoms with van der Waals surface area (Å²) in [5.74, 6) is -0.766. The van der Waals surface area contributed by atoms with E-state index in [9.17, 15) is 14.4 Å². The highest BCUT2D eigenvalue weighted by molar-refractivity contribution is 6.06. The second kappa shape index (κ2) is 10.3. The molecule has 7 nitrogen and oxygen atoms in total.